The summed E-state index contributed by atoms with van der Waals surface area (Å²) in [6.07, 6.45) is -8.88. The monoisotopic (exact) mass is 231 g/mol. The van der Waals surface area contributed by atoms with Gasteiger partial charge in [0.15, 0.2) is 0 Å². The van der Waals surface area contributed by atoms with Gasteiger partial charge in [0, 0.05) is 0 Å². The van der Waals surface area contributed by atoms with Crippen LogP contribution in [0.1, 0.15) is 0 Å². The lowest BCUT2D eigenvalue weighted by Crippen LogP contribution is -2.35. The molecule has 1 rings (SSSR count). The first-order valence-corrected chi connectivity index (χ1v) is 3.24. The molecule has 0 fully saturated rings. The summed E-state index contributed by atoms with van der Waals surface area (Å²) in [5.74, 6) is 0. The average Bonchev–Trinajstić information content (AvgIpc) is 1.99. The lowest BCUT2D eigenvalue weighted by molar-refractivity contribution is -0.477. The summed E-state index contributed by atoms with van der Waals surface area (Å²) < 4.78 is 64.8. The van der Waals surface area contributed by atoms with E-state index in [9.17, 15) is 22.0 Å². The quantitative estimate of drug-likeness (QED) is 0.580. The summed E-state index contributed by atoms with van der Waals surface area (Å²) in [6, 6.07) is -0.987. The van der Waals surface area contributed by atoms with Crippen LogP contribution in [-0.2, 0) is 4.74 Å². The van der Waals surface area contributed by atoms with Gasteiger partial charge in [0.25, 0.3) is 0 Å². The van der Waals surface area contributed by atoms with Crippen LogP contribution in [0.5, 0.6) is 6.01 Å². The van der Waals surface area contributed by atoms with Crippen LogP contribution >= 0.6 is 0 Å². The Morgan fingerprint density at radius 1 is 1.00 bits per heavy atom. The molecule has 15 heavy (non-hydrogen) atoms. The van der Waals surface area contributed by atoms with Crippen LogP contribution < -0.4 is 4.74 Å². The van der Waals surface area contributed by atoms with Crippen molar-refractivity contribution in [2.45, 2.75) is 12.7 Å². The summed E-state index contributed by atoms with van der Waals surface area (Å²) in [4.78, 5) is 9.28. The lowest BCUT2D eigenvalue weighted by Gasteiger charge is -2.16. The van der Waals surface area contributed by atoms with E-state index in [0.717, 1.165) is 12.7 Å². The first-order valence-electron chi connectivity index (χ1n) is 3.24. The van der Waals surface area contributed by atoms with Gasteiger partial charge in [-0.3, -0.25) is 0 Å². The van der Waals surface area contributed by atoms with Gasteiger partial charge in [-0.1, -0.05) is 0 Å². The van der Waals surface area contributed by atoms with E-state index in [1.54, 1.807) is 0 Å². The number of hydrogen-bond acceptors (Lipinski definition) is 5. The molecule has 0 atom stereocenters. The van der Waals surface area contributed by atoms with E-state index in [-0.39, 0.29) is 0 Å². The Hall–Kier alpha value is -1.58. The second-order valence-corrected chi connectivity index (χ2v) is 2.03. The van der Waals surface area contributed by atoms with Gasteiger partial charge in [-0.2, -0.15) is 14.7 Å². The summed E-state index contributed by atoms with van der Waals surface area (Å²) in [7, 11) is 0. The van der Waals surface area contributed by atoms with Crippen LogP contribution in [0.4, 0.5) is 22.0 Å². The van der Waals surface area contributed by atoms with Crippen LogP contribution in [0.2, 0.25) is 0 Å². The van der Waals surface area contributed by atoms with Crippen molar-refractivity contribution in [2.75, 3.05) is 0 Å². The molecule has 0 unspecified atom stereocenters. The zero-order chi connectivity index (χ0) is 11.5. The standard InChI is InChI=1S/C5H2F5N3O2/c6-4(7,8)15-5(9,10)14-3-12-1-11-2-13-3/h1-2H. The first-order chi connectivity index (χ1) is 6.79. The number of nitrogens with zero attached hydrogens (tertiary/aromatic N) is 3. The highest BCUT2D eigenvalue weighted by atomic mass is 19.4. The Balaban J connectivity index is 2.65. The van der Waals surface area contributed by atoms with Crippen molar-refractivity contribution >= 4 is 0 Å². The predicted octanol–water partition coefficient (Wildman–Crippen LogP) is 1.34. The highest BCUT2D eigenvalue weighted by molar-refractivity contribution is 4.87. The van der Waals surface area contributed by atoms with Crippen LogP contribution in [-0.4, -0.2) is 27.6 Å². The number of aromatic nitrogens is 3. The van der Waals surface area contributed by atoms with Gasteiger partial charge in [0.05, 0.1) is 0 Å². The fourth-order valence-corrected chi connectivity index (χ4v) is 0.543. The summed E-state index contributed by atoms with van der Waals surface area (Å²) in [5.41, 5.74) is 0. The van der Waals surface area contributed by atoms with E-state index < -0.39 is 18.7 Å². The Morgan fingerprint density at radius 3 is 2.00 bits per heavy atom. The molecule has 0 aromatic carbocycles. The van der Waals surface area contributed by atoms with Crippen molar-refractivity contribution in [1.29, 1.82) is 0 Å². The number of alkyl halides is 5. The van der Waals surface area contributed by atoms with Gasteiger partial charge in [-0.15, -0.1) is 22.0 Å². The van der Waals surface area contributed by atoms with E-state index in [1.165, 1.54) is 0 Å². The normalized spacial score (nSPS) is 12.6. The Kier molecular flexibility index (Phi) is 2.98. The van der Waals surface area contributed by atoms with Crippen LogP contribution in [0.15, 0.2) is 12.7 Å². The van der Waals surface area contributed by atoms with E-state index in [1.807, 2.05) is 0 Å². The molecule has 0 radical (unpaired) electrons. The van der Waals surface area contributed by atoms with Crippen molar-refractivity contribution in [3.05, 3.63) is 12.7 Å². The summed E-state index contributed by atoms with van der Waals surface area (Å²) in [5, 5.41) is 0. The highest BCUT2D eigenvalue weighted by Crippen LogP contribution is 2.28. The van der Waals surface area contributed by atoms with Crippen LogP contribution in [0, 0.1) is 0 Å². The van der Waals surface area contributed by atoms with Crippen molar-refractivity contribution in [2.24, 2.45) is 0 Å². The van der Waals surface area contributed by atoms with Crippen LogP contribution in [0.3, 0.4) is 0 Å². The van der Waals surface area contributed by atoms with Crippen molar-refractivity contribution in [1.82, 2.24) is 15.0 Å². The maximum absolute atomic E-state index is 12.3. The fraction of sp³-hybridized carbons (Fsp3) is 0.400. The third kappa shape index (κ3) is 4.44. The zero-order valence-corrected chi connectivity index (χ0v) is 6.70. The minimum Gasteiger partial charge on any atom is -0.374 e. The number of rotatable bonds is 3. The minimum absolute atomic E-state index is 0.770. The predicted molar refractivity (Wildman–Crippen MR) is 32.5 cm³/mol. The molecule has 84 valence electrons. The average molecular weight is 231 g/mol. The maximum Gasteiger partial charge on any atom is 0.544 e. The van der Waals surface area contributed by atoms with E-state index >= 15 is 0 Å². The molecule has 0 saturated heterocycles. The molecule has 0 aliphatic heterocycles. The van der Waals surface area contributed by atoms with Gasteiger partial charge >= 0.3 is 18.7 Å². The van der Waals surface area contributed by atoms with Gasteiger partial charge < -0.3 is 4.74 Å². The molecule has 0 saturated carbocycles. The second kappa shape index (κ2) is 3.88. The molecular weight excluding hydrogens is 229 g/mol. The van der Waals surface area contributed by atoms with Gasteiger partial charge in [-0.05, 0) is 0 Å². The molecule has 0 spiro atoms. The first kappa shape index (κ1) is 11.5. The largest absolute Gasteiger partial charge is 0.544 e. The van der Waals surface area contributed by atoms with E-state index in [2.05, 4.69) is 24.4 Å². The number of hydrogen-bond donors (Lipinski definition) is 0. The smallest absolute Gasteiger partial charge is 0.374 e. The second-order valence-electron chi connectivity index (χ2n) is 2.03. The maximum atomic E-state index is 12.3. The fourth-order valence-electron chi connectivity index (χ4n) is 0.543. The molecule has 1 aromatic heterocycles. The summed E-state index contributed by atoms with van der Waals surface area (Å²) in [6.45, 7) is 0. The van der Waals surface area contributed by atoms with Crippen molar-refractivity contribution in [3.63, 3.8) is 0 Å². The highest BCUT2D eigenvalue weighted by Gasteiger charge is 2.48. The number of halogens is 5. The molecule has 1 aromatic rings. The molecule has 0 N–H and O–H groups in total. The Bertz CT molecular complexity index is 316. The Labute approximate surface area is 78.9 Å². The van der Waals surface area contributed by atoms with Crippen molar-refractivity contribution in [3.8, 4) is 6.01 Å². The Morgan fingerprint density at radius 2 is 1.53 bits per heavy atom. The van der Waals surface area contributed by atoms with Gasteiger partial charge in [0.1, 0.15) is 12.7 Å². The minimum atomic E-state index is -5.53. The van der Waals surface area contributed by atoms with Crippen LogP contribution in [0.25, 0.3) is 0 Å². The topological polar surface area (TPSA) is 57.1 Å². The molecule has 0 bridgehead atoms. The zero-order valence-electron chi connectivity index (χ0n) is 6.70. The lowest BCUT2D eigenvalue weighted by atomic mass is 11.0. The molecule has 10 heteroatoms. The third-order valence-electron chi connectivity index (χ3n) is 0.914. The van der Waals surface area contributed by atoms with Gasteiger partial charge in [-0.25, -0.2) is 4.98 Å². The SMILES string of the molecule is FC(F)(F)OC(F)(F)Oc1ncncn1. The van der Waals surface area contributed by atoms with E-state index in [4.69, 9.17) is 0 Å². The third-order valence-corrected chi connectivity index (χ3v) is 0.914. The van der Waals surface area contributed by atoms with Crippen molar-refractivity contribution < 1.29 is 31.4 Å². The molecule has 0 amide bonds. The van der Waals surface area contributed by atoms with Gasteiger partial charge in [0.2, 0.25) is 0 Å². The molecule has 1 heterocycles. The molecule has 5 nitrogen and oxygen atoms in total. The van der Waals surface area contributed by atoms with E-state index in [0.29, 0.717) is 0 Å². The number of ether oxygens (including phenoxy) is 2. The summed E-state index contributed by atoms with van der Waals surface area (Å²) >= 11 is 0. The molecule has 0 aliphatic rings. The molecular formula is C5H2F5N3O2. The molecule has 0 aliphatic carbocycles.